The lowest BCUT2D eigenvalue weighted by Gasteiger charge is -2.37. The highest BCUT2D eigenvalue weighted by atomic mass is 16.6. The number of nitrogens with one attached hydrogen (secondary N) is 3. The zero-order valence-electron chi connectivity index (χ0n) is 24.4. The Morgan fingerprint density at radius 2 is 1.59 bits per heavy atom. The van der Waals surface area contributed by atoms with Gasteiger partial charge in [0.05, 0.1) is 26.2 Å². The van der Waals surface area contributed by atoms with Gasteiger partial charge in [-0.05, 0) is 65.6 Å². The van der Waals surface area contributed by atoms with Crippen LogP contribution in [0.25, 0.3) is 11.1 Å². The van der Waals surface area contributed by atoms with Gasteiger partial charge in [0.25, 0.3) is 0 Å². The summed E-state index contributed by atoms with van der Waals surface area (Å²) < 4.78 is 17.4. The van der Waals surface area contributed by atoms with E-state index in [4.69, 9.17) is 14.2 Å². The van der Waals surface area contributed by atoms with Crippen molar-refractivity contribution in [3.63, 3.8) is 0 Å². The Kier molecular flexibility index (Phi) is 8.76. The predicted molar refractivity (Wildman–Crippen MR) is 168 cm³/mol. The van der Waals surface area contributed by atoms with Crippen molar-refractivity contribution in [1.82, 2.24) is 5.32 Å². The van der Waals surface area contributed by atoms with Crippen molar-refractivity contribution >= 4 is 23.3 Å². The van der Waals surface area contributed by atoms with E-state index < -0.39 is 12.2 Å². The molecule has 226 valence electrons. The molecule has 44 heavy (non-hydrogen) atoms. The quantitative estimate of drug-likeness (QED) is 0.198. The number of rotatable bonds is 9. The lowest BCUT2D eigenvalue weighted by Crippen LogP contribution is -2.47. The minimum Gasteiger partial charge on any atom is -0.497 e. The smallest absolute Gasteiger partial charge is 0.323 e. The number of amides is 3. The van der Waals surface area contributed by atoms with Gasteiger partial charge in [-0.2, -0.15) is 0 Å². The molecule has 1 fully saturated rings. The van der Waals surface area contributed by atoms with E-state index in [0.717, 1.165) is 22.3 Å². The summed E-state index contributed by atoms with van der Waals surface area (Å²) in [5.74, 6) is 1.17. The number of fused-ring (bicyclic) bond motifs is 3. The Hall–Kier alpha value is -4.86. The van der Waals surface area contributed by atoms with Crippen LogP contribution in [0.1, 0.15) is 29.9 Å². The fourth-order valence-electron chi connectivity index (χ4n) is 5.86. The van der Waals surface area contributed by atoms with Crippen LogP contribution in [0.15, 0.2) is 97.1 Å². The molecule has 3 amide bonds. The van der Waals surface area contributed by atoms with Crippen LogP contribution in [0.2, 0.25) is 0 Å². The third-order valence-corrected chi connectivity index (χ3v) is 8.07. The van der Waals surface area contributed by atoms with Gasteiger partial charge in [-0.3, -0.25) is 4.79 Å². The van der Waals surface area contributed by atoms with Crippen LogP contribution in [0.3, 0.4) is 0 Å². The summed E-state index contributed by atoms with van der Waals surface area (Å²) in [5.41, 5.74) is 5.43. The van der Waals surface area contributed by atoms with E-state index in [-0.39, 0.29) is 37.0 Å². The zero-order chi connectivity index (χ0) is 30.5. The normalized spacial score (nSPS) is 20.0. The molecule has 0 unspecified atom stereocenters. The standard InChI is InChI=1S/C35H35N3O6/c1-42-27-14-11-25(12-15-27)37-35(41)38-26-13-16-31-29(17-26)30-18-28(43-32(21-39)34(30)44-31)19-33(40)36-20-22-7-9-24(10-8-22)23-5-3-2-4-6-23/h2-17,28,30,32,34,39H,18-21H2,1H3,(H,36,40)(H2,37,38,41)/t28-,30+,32+,34-/m1/s1. The van der Waals surface area contributed by atoms with Crippen molar-refractivity contribution in [2.75, 3.05) is 24.4 Å². The van der Waals surface area contributed by atoms with E-state index in [1.54, 1.807) is 37.4 Å². The van der Waals surface area contributed by atoms with Crippen LogP contribution in [0, 0.1) is 0 Å². The van der Waals surface area contributed by atoms with Crippen LogP contribution in [0.5, 0.6) is 11.5 Å². The van der Waals surface area contributed by atoms with Crippen molar-refractivity contribution in [2.45, 2.75) is 43.6 Å². The van der Waals surface area contributed by atoms with Gasteiger partial charge in [0.2, 0.25) is 5.91 Å². The summed E-state index contributed by atoms with van der Waals surface area (Å²) >= 11 is 0. The van der Waals surface area contributed by atoms with Crippen LogP contribution in [0.4, 0.5) is 16.2 Å². The first-order valence-corrected chi connectivity index (χ1v) is 14.7. The molecule has 6 rings (SSSR count). The second kappa shape index (κ2) is 13.2. The highest BCUT2D eigenvalue weighted by Gasteiger charge is 2.46. The molecule has 9 heteroatoms. The Balaban J connectivity index is 1.06. The minimum atomic E-state index is -0.570. The van der Waals surface area contributed by atoms with Gasteiger partial charge in [0.1, 0.15) is 23.7 Å². The van der Waals surface area contributed by atoms with E-state index in [1.807, 2.05) is 42.5 Å². The highest BCUT2D eigenvalue weighted by Crippen LogP contribution is 2.47. The molecule has 0 radical (unpaired) electrons. The van der Waals surface area contributed by atoms with Gasteiger partial charge in [-0.1, -0.05) is 54.6 Å². The Bertz CT molecular complexity index is 1590. The maximum atomic E-state index is 12.9. The van der Waals surface area contributed by atoms with E-state index in [0.29, 0.717) is 35.8 Å². The van der Waals surface area contributed by atoms with Crippen molar-refractivity contribution in [3.8, 4) is 22.6 Å². The molecule has 4 aromatic rings. The van der Waals surface area contributed by atoms with Crippen LogP contribution in [-0.4, -0.2) is 49.1 Å². The van der Waals surface area contributed by atoms with Gasteiger partial charge in [-0.25, -0.2) is 4.79 Å². The molecule has 4 N–H and O–H groups in total. The molecular weight excluding hydrogens is 558 g/mol. The molecule has 2 heterocycles. The number of ether oxygens (including phenoxy) is 3. The molecule has 0 spiro atoms. The molecule has 0 aliphatic carbocycles. The topological polar surface area (TPSA) is 118 Å². The van der Waals surface area contributed by atoms with Gasteiger partial charge in [0.15, 0.2) is 0 Å². The Morgan fingerprint density at radius 3 is 2.32 bits per heavy atom. The molecule has 9 nitrogen and oxygen atoms in total. The molecule has 0 saturated carbocycles. The van der Waals surface area contributed by atoms with E-state index >= 15 is 0 Å². The minimum absolute atomic E-state index is 0.0920. The summed E-state index contributed by atoms with van der Waals surface area (Å²) in [4.78, 5) is 25.6. The van der Waals surface area contributed by atoms with Gasteiger partial charge in [0, 0.05) is 29.4 Å². The lowest BCUT2D eigenvalue weighted by molar-refractivity contribution is -0.142. The summed E-state index contributed by atoms with van der Waals surface area (Å²) in [6.45, 7) is 0.187. The molecule has 1 saturated heterocycles. The van der Waals surface area contributed by atoms with Crippen LogP contribution in [-0.2, 0) is 16.1 Å². The maximum absolute atomic E-state index is 12.9. The maximum Gasteiger partial charge on any atom is 0.323 e. The fraction of sp³-hybridized carbons (Fsp3) is 0.257. The summed E-state index contributed by atoms with van der Waals surface area (Å²) in [5, 5.41) is 18.8. The van der Waals surface area contributed by atoms with Gasteiger partial charge >= 0.3 is 6.03 Å². The average Bonchev–Trinajstić information content (AvgIpc) is 3.42. The summed E-state index contributed by atoms with van der Waals surface area (Å²) in [6, 6.07) is 30.4. The highest BCUT2D eigenvalue weighted by molar-refractivity contribution is 5.99. The molecule has 2 aliphatic rings. The fourth-order valence-corrected chi connectivity index (χ4v) is 5.86. The molecule has 4 atom stereocenters. The molecule has 0 bridgehead atoms. The molecule has 4 aromatic carbocycles. The second-order valence-corrected chi connectivity index (χ2v) is 11.0. The molecular formula is C35H35N3O6. The molecule has 0 aromatic heterocycles. The van der Waals surface area contributed by atoms with Crippen molar-refractivity contribution in [3.05, 3.63) is 108 Å². The summed E-state index contributed by atoms with van der Waals surface area (Å²) in [7, 11) is 1.59. The first kappa shape index (κ1) is 29.2. The predicted octanol–water partition coefficient (Wildman–Crippen LogP) is 5.71. The van der Waals surface area contributed by atoms with Crippen molar-refractivity contribution in [2.24, 2.45) is 0 Å². The monoisotopic (exact) mass is 593 g/mol. The number of hydrogen-bond donors (Lipinski definition) is 4. The van der Waals surface area contributed by atoms with E-state index in [1.165, 1.54) is 0 Å². The van der Waals surface area contributed by atoms with Gasteiger partial charge < -0.3 is 35.3 Å². The average molecular weight is 594 g/mol. The van der Waals surface area contributed by atoms with Crippen LogP contribution >= 0.6 is 0 Å². The number of benzene rings is 4. The number of aliphatic hydroxyl groups excluding tert-OH is 1. The first-order chi connectivity index (χ1) is 21.5. The SMILES string of the molecule is COc1ccc(NC(=O)Nc2ccc3c(c2)[C@@H]2C[C@H](CC(=O)NCc4ccc(-c5ccccc5)cc4)O[C@@H](CO)[C@@H]2O3)cc1. The third kappa shape index (κ3) is 6.69. The van der Waals surface area contributed by atoms with E-state index in [9.17, 15) is 14.7 Å². The lowest BCUT2D eigenvalue weighted by atomic mass is 9.84. The summed E-state index contributed by atoms with van der Waals surface area (Å²) in [6.07, 6.45) is -0.618. The van der Waals surface area contributed by atoms with Crippen molar-refractivity contribution in [1.29, 1.82) is 0 Å². The largest absolute Gasteiger partial charge is 0.497 e. The number of methoxy groups -OCH3 is 1. The number of carbonyl (C=O) groups excluding carboxylic acids is 2. The zero-order valence-corrected chi connectivity index (χ0v) is 24.4. The Labute approximate surface area is 256 Å². The second-order valence-electron chi connectivity index (χ2n) is 11.0. The number of anilines is 2. The van der Waals surface area contributed by atoms with Crippen molar-refractivity contribution < 1.29 is 28.9 Å². The van der Waals surface area contributed by atoms with Crippen LogP contribution < -0.4 is 25.4 Å². The number of hydrogen-bond acceptors (Lipinski definition) is 6. The first-order valence-electron chi connectivity index (χ1n) is 14.7. The van der Waals surface area contributed by atoms with E-state index in [2.05, 4.69) is 40.2 Å². The number of aliphatic hydroxyl groups is 1. The molecule has 2 aliphatic heterocycles. The number of urea groups is 1. The Morgan fingerprint density at radius 1 is 0.886 bits per heavy atom. The third-order valence-electron chi connectivity index (χ3n) is 8.07. The number of carbonyl (C=O) groups is 2. The van der Waals surface area contributed by atoms with Gasteiger partial charge in [-0.15, -0.1) is 0 Å².